The zero-order valence-corrected chi connectivity index (χ0v) is 13.6. The number of rotatable bonds is 10. The molecular weight excluding hydrogens is 274 g/mol. The van der Waals surface area contributed by atoms with E-state index >= 15 is 0 Å². The van der Waals surface area contributed by atoms with Gasteiger partial charge in [0.25, 0.3) is 0 Å². The molecule has 120 valence electrons. The van der Waals surface area contributed by atoms with Gasteiger partial charge in [0.15, 0.2) is 0 Å². The molecule has 1 fully saturated rings. The summed E-state index contributed by atoms with van der Waals surface area (Å²) in [5, 5.41) is 9.92. The zero-order valence-electron chi connectivity index (χ0n) is 12.8. The van der Waals surface area contributed by atoms with Gasteiger partial charge in [-0.3, -0.25) is 0 Å². The van der Waals surface area contributed by atoms with E-state index in [1.165, 1.54) is 32.1 Å². The molecular formula is C15H31NO3S. The highest BCUT2D eigenvalue weighted by Gasteiger charge is 2.17. The minimum Gasteiger partial charge on any atom is -0.393 e. The average molecular weight is 305 g/mol. The Kier molecular flexibility index (Phi) is 8.73. The van der Waals surface area contributed by atoms with E-state index < -0.39 is 16.1 Å². The highest BCUT2D eigenvalue weighted by molar-refractivity contribution is 7.89. The first kappa shape index (κ1) is 17.9. The van der Waals surface area contributed by atoms with Crippen LogP contribution in [0.15, 0.2) is 0 Å². The van der Waals surface area contributed by atoms with E-state index in [2.05, 4.69) is 4.72 Å². The number of hydrogen-bond acceptors (Lipinski definition) is 3. The predicted molar refractivity (Wildman–Crippen MR) is 83.1 cm³/mol. The monoisotopic (exact) mass is 305 g/mol. The maximum absolute atomic E-state index is 11.7. The van der Waals surface area contributed by atoms with Crippen LogP contribution in [0.2, 0.25) is 0 Å². The minimum absolute atomic E-state index is 0.0442. The molecule has 0 aromatic rings. The maximum atomic E-state index is 11.7. The van der Waals surface area contributed by atoms with Crippen LogP contribution < -0.4 is 4.72 Å². The largest absolute Gasteiger partial charge is 0.393 e. The van der Waals surface area contributed by atoms with Crippen molar-refractivity contribution >= 4 is 10.0 Å². The van der Waals surface area contributed by atoms with Crippen LogP contribution in [0.5, 0.6) is 0 Å². The summed E-state index contributed by atoms with van der Waals surface area (Å²) in [5.74, 6) is 0.792. The molecule has 0 radical (unpaired) electrons. The van der Waals surface area contributed by atoms with Crippen molar-refractivity contribution in [3.8, 4) is 0 Å². The van der Waals surface area contributed by atoms with Crippen LogP contribution in [-0.4, -0.2) is 31.9 Å². The second-order valence-corrected chi connectivity index (χ2v) is 8.02. The molecule has 0 spiro atoms. The van der Waals surface area contributed by atoms with Crippen LogP contribution in [0.1, 0.15) is 71.1 Å². The number of aliphatic hydroxyl groups is 1. The molecule has 0 bridgehead atoms. The van der Waals surface area contributed by atoms with Crippen LogP contribution >= 0.6 is 0 Å². The molecule has 1 atom stereocenters. The van der Waals surface area contributed by atoms with E-state index in [1.54, 1.807) is 0 Å². The lowest BCUT2D eigenvalue weighted by Gasteiger charge is -2.22. The lowest BCUT2D eigenvalue weighted by molar-refractivity contribution is 0.146. The van der Waals surface area contributed by atoms with Gasteiger partial charge in [-0.25, -0.2) is 13.1 Å². The quantitative estimate of drug-likeness (QED) is 0.610. The van der Waals surface area contributed by atoms with Gasteiger partial charge in [-0.15, -0.1) is 0 Å². The first-order chi connectivity index (χ1) is 9.53. The van der Waals surface area contributed by atoms with Crippen molar-refractivity contribution in [1.29, 1.82) is 0 Å². The van der Waals surface area contributed by atoms with E-state index in [1.807, 2.05) is 6.92 Å². The van der Waals surface area contributed by atoms with Crippen molar-refractivity contribution in [2.45, 2.75) is 77.2 Å². The van der Waals surface area contributed by atoms with Crippen molar-refractivity contribution in [3.05, 3.63) is 0 Å². The summed E-state index contributed by atoms with van der Waals surface area (Å²) in [5.41, 5.74) is 0. The lowest BCUT2D eigenvalue weighted by Crippen LogP contribution is -2.29. The number of hydrogen-bond donors (Lipinski definition) is 2. The lowest BCUT2D eigenvalue weighted by atomic mass is 9.85. The van der Waals surface area contributed by atoms with Gasteiger partial charge in [0.2, 0.25) is 10.0 Å². The third kappa shape index (κ3) is 8.22. The molecule has 0 amide bonds. The normalized spacial score (nSPS) is 19.1. The van der Waals surface area contributed by atoms with E-state index in [-0.39, 0.29) is 5.75 Å². The molecule has 1 saturated carbocycles. The topological polar surface area (TPSA) is 66.4 Å². The summed E-state index contributed by atoms with van der Waals surface area (Å²) in [7, 11) is -3.20. The van der Waals surface area contributed by atoms with Gasteiger partial charge in [0.1, 0.15) is 0 Å². The molecule has 1 aliphatic rings. The second kappa shape index (κ2) is 9.74. The average Bonchev–Trinajstić information content (AvgIpc) is 2.44. The van der Waals surface area contributed by atoms with Crippen LogP contribution in [0.3, 0.4) is 0 Å². The Morgan fingerprint density at radius 3 is 2.55 bits per heavy atom. The summed E-state index contributed by atoms with van der Waals surface area (Å²) in [4.78, 5) is 0. The Hall–Kier alpha value is -0.130. The fraction of sp³-hybridized carbons (Fsp3) is 1.00. The molecule has 0 aromatic heterocycles. The number of sulfonamides is 1. The van der Waals surface area contributed by atoms with Crippen LogP contribution in [0.25, 0.3) is 0 Å². The summed E-state index contributed by atoms with van der Waals surface area (Å²) < 4.78 is 26.0. The van der Waals surface area contributed by atoms with Crippen LogP contribution in [-0.2, 0) is 10.0 Å². The summed E-state index contributed by atoms with van der Waals surface area (Å²) >= 11 is 0. The van der Waals surface area contributed by atoms with Crippen molar-refractivity contribution in [3.63, 3.8) is 0 Å². The molecule has 0 aromatic carbocycles. The summed E-state index contributed by atoms with van der Waals surface area (Å²) in [6.45, 7) is 2.54. The second-order valence-electron chi connectivity index (χ2n) is 6.09. The number of aliphatic hydroxyl groups excluding tert-OH is 1. The Morgan fingerprint density at radius 1 is 1.20 bits per heavy atom. The van der Waals surface area contributed by atoms with E-state index in [0.717, 1.165) is 31.6 Å². The summed E-state index contributed by atoms with van der Waals surface area (Å²) in [6, 6.07) is 0. The van der Waals surface area contributed by atoms with Gasteiger partial charge < -0.3 is 5.11 Å². The fourth-order valence-electron chi connectivity index (χ4n) is 2.82. The Bertz CT molecular complexity index is 337. The smallest absolute Gasteiger partial charge is 0.211 e. The third-order valence-corrected chi connectivity index (χ3v) is 5.62. The Morgan fingerprint density at radius 2 is 1.90 bits per heavy atom. The maximum Gasteiger partial charge on any atom is 0.211 e. The van der Waals surface area contributed by atoms with Crippen molar-refractivity contribution in [2.75, 3.05) is 12.3 Å². The van der Waals surface area contributed by atoms with Gasteiger partial charge in [0.05, 0.1) is 11.9 Å². The molecule has 0 heterocycles. The van der Waals surface area contributed by atoms with Crippen molar-refractivity contribution < 1.29 is 13.5 Å². The highest BCUT2D eigenvalue weighted by Crippen LogP contribution is 2.27. The van der Waals surface area contributed by atoms with Crippen molar-refractivity contribution in [1.82, 2.24) is 4.72 Å². The summed E-state index contributed by atoms with van der Waals surface area (Å²) in [6.07, 6.45) is 10.1. The molecule has 1 aliphatic carbocycles. The first-order valence-electron chi connectivity index (χ1n) is 8.19. The standard InChI is InChI=1S/C15H31NO3S/c1-2-3-12-16-20(18,19)13-11-15(17)10-9-14-7-5-4-6-8-14/h14-17H,2-13H2,1H3/t15-/m0/s1. The fourth-order valence-corrected chi connectivity index (χ4v) is 4.00. The van der Waals surface area contributed by atoms with E-state index in [0.29, 0.717) is 13.0 Å². The Labute approximate surface area is 124 Å². The molecule has 0 aliphatic heterocycles. The van der Waals surface area contributed by atoms with E-state index in [9.17, 15) is 13.5 Å². The van der Waals surface area contributed by atoms with Crippen molar-refractivity contribution in [2.24, 2.45) is 5.92 Å². The number of nitrogens with one attached hydrogen (secondary N) is 1. The van der Waals surface area contributed by atoms with E-state index in [4.69, 9.17) is 0 Å². The molecule has 4 nitrogen and oxygen atoms in total. The SMILES string of the molecule is CCCCNS(=O)(=O)CC[C@@H](O)CCC1CCCCC1. The molecule has 5 heteroatoms. The van der Waals surface area contributed by atoms with Gasteiger partial charge >= 0.3 is 0 Å². The minimum atomic E-state index is -3.20. The van der Waals surface area contributed by atoms with Crippen LogP contribution in [0, 0.1) is 5.92 Å². The first-order valence-corrected chi connectivity index (χ1v) is 9.84. The van der Waals surface area contributed by atoms with Gasteiger partial charge in [0, 0.05) is 6.54 Å². The van der Waals surface area contributed by atoms with Gasteiger partial charge in [-0.2, -0.15) is 0 Å². The molecule has 0 unspecified atom stereocenters. The molecule has 0 saturated heterocycles. The van der Waals surface area contributed by atoms with Gasteiger partial charge in [-0.1, -0.05) is 45.4 Å². The number of unbranched alkanes of at least 4 members (excludes halogenated alkanes) is 1. The molecule has 20 heavy (non-hydrogen) atoms. The predicted octanol–water partition coefficient (Wildman–Crippen LogP) is 2.82. The molecule has 1 rings (SSSR count). The Balaban J connectivity index is 2.13. The van der Waals surface area contributed by atoms with Crippen LogP contribution in [0.4, 0.5) is 0 Å². The highest BCUT2D eigenvalue weighted by atomic mass is 32.2. The third-order valence-electron chi connectivity index (χ3n) is 4.20. The molecule has 2 N–H and O–H groups in total. The van der Waals surface area contributed by atoms with Gasteiger partial charge in [-0.05, 0) is 31.6 Å². The zero-order chi connectivity index (χ0) is 14.8.